The molecule has 0 aliphatic heterocycles. The summed E-state index contributed by atoms with van der Waals surface area (Å²) in [5, 5.41) is 14.1. The lowest BCUT2D eigenvalue weighted by Crippen LogP contribution is -2.24. The summed E-state index contributed by atoms with van der Waals surface area (Å²) in [5.41, 5.74) is 3.25. The van der Waals surface area contributed by atoms with Crippen LogP contribution in [0.3, 0.4) is 0 Å². The summed E-state index contributed by atoms with van der Waals surface area (Å²) in [5.74, 6) is 0.976. The highest BCUT2D eigenvalue weighted by molar-refractivity contribution is 5.92. The highest BCUT2D eigenvalue weighted by Crippen LogP contribution is 2.25. The Morgan fingerprint density at radius 2 is 1.77 bits per heavy atom. The molecule has 132 valence electrons. The van der Waals surface area contributed by atoms with E-state index in [0.717, 1.165) is 16.8 Å². The van der Waals surface area contributed by atoms with Crippen LogP contribution in [0.25, 0.3) is 0 Å². The lowest BCUT2D eigenvalue weighted by atomic mass is 10.1. The van der Waals surface area contributed by atoms with Crippen molar-refractivity contribution in [1.29, 1.82) is 0 Å². The molecule has 3 aromatic rings. The van der Waals surface area contributed by atoms with Gasteiger partial charge in [-0.25, -0.2) is 0 Å². The molecule has 0 spiro atoms. The van der Waals surface area contributed by atoms with Crippen LogP contribution >= 0.6 is 0 Å². The van der Waals surface area contributed by atoms with Crippen molar-refractivity contribution >= 4 is 17.4 Å². The van der Waals surface area contributed by atoms with Crippen LogP contribution in [0.5, 0.6) is 5.75 Å². The monoisotopic (exact) mass is 348 g/mol. The van der Waals surface area contributed by atoms with Crippen molar-refractivity contribution in [2.45, 2.75) is 13.5 Å². The number of aryl methyl sites for hydroxylation is 1. The van der Waals surface area contributed by atoms with E-state index in [-0.39, 0.29) is 11.6 Å². The third kappa shape index (κ3) is 4.16. The minimum atomic E-state index is -0.260. The second-order valence-electron chi connectivity index (χ2n) is 5.74. The molecular formula is C20H20N4O2. The number of rotatable bonds is 6. The first-order valence-corrected chi connectivity index (χ1v) is 8.24. The summed E-state index contributed by atoms with van der Waals surface area (Å²) in [4.78, 5) is 12.2. The average molecular weight is 348 g/mol. The van der Waals surface area contributed by atoms with Crippen LogP contribution in [-0.2, 0) is 6.54 Å². The number of nitrogens with zero attached hydrogens (tertiary/aromatic N) is 2. The van der Waals surface area contributed by atoms with E-state index in [1.807, 2.05) is 55.5 Å². The number of anilines is 2. The van der Waals surface area contributed by atoms with Crippen molar-refractivity contribution in [3.63, 3.8) is 0 Å². The third-order valence-electron chi connectivity index (χ3n) is 3.97. The molecule has 0 unspecified atom stereocenters. The molecular weight excluding hydrogens is 328 g/mol. The Labute approximate surface area is 152 Å². The standard InChI is InChI=1S/C20H20N4O2/c1-14-7-3-4-8-15(14)13-21-20(25)17-11-12-19(24-23-17)22-16-9-5-6-10-18(16)26-2/h3-12H,13H2,1-2H3,(H,21,25)(H,22,24). The quantitative estimate of drug-likeness (QED) is 0.713. The Morgan fingerprint density at radius 1 is 1.00 bits per heavy atom. The molecule has 0 atom stereocenters. The Bertz CT molecular complexity index is 894. The van der Waals surface area contributed by atoms with Crippen LogP contribution < -0.4 is 15.4 Å². The number of aromatic nitrogens is 2. The Kier molecular flexibility index (Phi) is 5.43. The number of carbonyl (C=O) groups excluding carboxylic acids is 1. The van der Waals surface area contributed by atoms with Gasteiger partial charge in [-0.1, -0.05) is 36.4 Å². The van der Waals surface area contributed by atoms with Gasteiger partial charge in [0.15, 0.2) is 11.5 Å². The molecule has 1 aromatic heterocycles. The van der Waals surface area contributed by atoms with Gasteiger partial charge in [-0.2, -0.15) is 0 Å². The van der Waals surface area contributed by atoms with E-state index in [1.165, 1.54) is 0 Å². The van der Waals surface area contributed by atoms with Gasteiger partial charge in [0.1, 0.15) is 5.75 Å². The van der Waals surface area contributed by atoms with Crippen LogP contribution in [-0.4, -0.2) is 23.2 Å². The summed E-state index contributed by atoms with van der Waals surface area (Å²) >= 11 is 0. The van der Waals surface area contributed by atoms with Gasteiger partial charge >= 0.3 is 0 Å². The van der Waals surface area contributed by atoms with E-state index < -0.39 is 0 Å². The molecule has 2 aromatic carbocycles. The van der Waals surface area contributed by atoms with E-state index in [0.29, 0.717) is 18.1 Å². The second-order valence-corrected chi connectivity index (χ2v) is 5.74. The SMILES string of the molecule is COc1ccccc1Nc1ccc(C(=O)NCc2ccccc2C)nn1. The van der Waals surface area contributed by atoms with E-state index in [9.17, 15) is 4.79 Å². The summed E-state index contributed by atoms with van der Waals surface area (Å²) in [6.07, 6.45) is 0. The predicted octanol–water partition coefficient (Wildman–Crippen LogP) is 3.47. The van der Waals surface area contributed by atoms with Gasteiger partial charge in [-0.15, -0.1) is 10.2 Å². The first kappa shape index (κ1) is 17.4. The highest BCUT2D eigenvalue weighted by Gasteiger charge is 2.09. The number of methoxy groups -OCH3 is 1. The van der Waals surface area contributed by atoms with Crippen LogP contribution in [0.2, 0.25) is 0 Å². The van der Waals surface area contributed by atoms with Crippen molar-refractivity contribution in [1.82, 2.24) is 15.5 Å². The van der Waals surface area contributed by atoms with Crippen LogP contribution in [0, 0.1) is 6.92 Å². The smallest absolute Gasteiger partial charge is 0.272 e. The molecule has 6 nitrogen and oxygen atoms in total. The van der Waals surface area contributed by atoms with E-state index in [1.54, 1.807) is 19.2 Å². The van der Waals surface area contributed by atoms with E-state index >= 15 is 0 Å². The molecule has 1 amide bonds. The Morgan fingerprint density at radius 3 is 2.50 bits per heavy atom. The minimum Gasteiger partial charge on any atom is -0.495 e. The molecule has 26 heavy (non-hydrogen) atoms. The third-order valence-corrected chi connectivity index (χ3v) is 3.97. The molecule has 3 rings (SSSR count). The first-order chi connectivity index (χ1) is 12.7. The lowest BCUT2D eigenvalue weighted by molar-refractivity contribution is 0.0945. The fraction of sp³-hybridized carbons (Fsp3) is 0.150. The minimum absolute atomic E-state index is 0.260. The molecule has 0 aliphatic rings. The van der Waals surface area contributed by atoms with Crippen molar-refractivity contribution in [2.24, 2.45) is 0 Å². The van der Waals surface area contributed by atoms with Gasteiger partial charge in [0.05, 0.1) is 12.8 Å². The Balaban J connectivity index is 1.63. The lowest BCUT2D eigenvalue weighted by Gasteiger charge is -2.10. The van der Waals surface area contributed by atoms with Gasteiger partial charge in [0, 0.05) is 6.54 Å². The summed E-state index contributed by atoms with van der Waals surface area (Å²) < 4.78 is 5.29. The van der Waals surface area contributed by atoms with Gasteiger partial charge in [0.2, 0.25) is 0 Å². The Hall–Kier alpha value is -3.41. The van der Waals surface area contributed by atoms with E-state index in [4.69, 9.17) is 4.74 Å². The average Bonchev–Trinajstić information content (AvgIpc) is 2.68. The van der Waals surface area contributed by atoms with Crippen molar-refractivity contribution in [3.8, 4) is 5.75 Å². The maximum absolute atomic E-state index is 12.2. The normalized spacial score (nSPS) is 10.2. The number of amides is 1. The van der Waals surface area contributed by atoms with Crippen molar-refractivity contribution < 1.29 is 9.53 Å². The number of para-hydroxylation sites is 2. The summed E-state index contributed by atoms with van der Waals surface area (Å²) in [6, 6.07) is 18.8. The number of hydrogen-bond donors (Lipinski definition) is 2. The molecule has 1 heterocycles. The fourth-order valence-electron chi connectivity index (χ4n) is 2.48. The van der Waals surface area contributed by atoms with Crippen LogP contribution in [0.1, 0.15) is 21.6 Å². The number of nitrogens with one attached hydrogen (secondary N) is 2. The fourth-order valence-corrected chi connectivity index (χ4v) is 2.48. The molecule has 0 aliphatic carbocycles. The number of carbonyl (C=O) groups is 1. The number of benzene rings is 2. The number of hydrogen-bond acceptors (Lipinski definition) is 5. The van der Waals surface area contributed by atoms with Gasteiger partial charge in [0.25, 0.3) is 5.91 Å². The predicted molar refractivity (Wildman–Crippen MR) is 101 cm³/mol. The highest BCUT2D eigenvalue weighted by atomic mass is 16.5. The van der Waals surface area contributed by atoms with E-state index in [2.05, 4.69) is 20.8 Å². The van der Waals surface area contributed by atoms with Crippen LogP contribution in [0.4, 0.5) is 11.5 Å². The summed E-state index contributed by atoms with van der Waals surface area (Å²) in [6.45, 7) is 2.47. The largest absolute Gasteiger partial charge is 0.495 e. The maximum Gasteiger partial charge on any atom is 0.272 e. The molecule has 0 fully saturated rings. The molecule has 0 saturated heterocycles. The zero-order chi connectivity index (χ0) is 18.4. The zero-order valence-corrected chi connectivity index (χ0v) is 14.7. The first-order valence-electron chi connectivity index (χ1n) is 8.24. The van der Waals surface area contributed by atoms with Gasteiger partial charge < -0.3 is 15.4 Å². The molecule has 0 radical (unpaired) electrons. The number of ether oxygens (including phenoxy) is 1. The topological polar surface area (TPSA) is 76.1 Å². The second kappa shape index (κ2) is 8.11. The molecule has 6 heteroatoms. The summed E-state index contributed by atoms with van der Waals surface area (Å²) in [7, 11) is 1.61. The van der Waals surface area contributed by atoms with Crippen molar-refractivity contribution in [2.75, 3.05) is 12.4 Å². The zero-order valence-electron chi connectivity index (χ0n) is 14.7. The van der Waals surface area contributed by atoms with Gasteiger partial charge in [-0.3, -0.25) is 4.79 Å². The van der Waals surface area contributed by atoms with Crippen molar-refractivity contribution in [3.05, 3.63) is 77.5 Å². The molecule has 0 saturated carbocycles. The molecule has 0 bridgehead atoms. The molecule has 2 N–H and O–H groups in total. The van der Waals surface area contributed by atoms with Crippen LogP contribution in [0.15, 0.2) is 60.7 Å². The van der Waals surface area contributed by atoms with Gasteiger partial charge in [-0.05, 0) is 42.3 Å². The maximum atomic E-state index is 12.2.